The highest BCUT2D eigenvalue weighted by Gasteiger charge is 2.31. The van der Waals surface area contributed by atoms with Gasteiger partial charge in [-0.1, -0.05) is 19.9 Å². The largest absolute Gasteiger partial charge is 0.482 e. The van der Waals surface area contributed by atoms with Gasteiger partial charge in [-0.05, 0) is 18.6 Å². The number of hydrogen-bond donors (Lipinski definition) is 0. The third-order valence-electron chi connectivity index (χ3n) is 2.41. The quantitative estimate of drug-likeness (QED) is 0.600. The Morgan fingerprint density at radius 2 is 2.38 bits per heavy atom. The van der Waals surface area contributed by atoms with Crippen molar-refractivity contribution in [2.75, 3.05) is 13.2 Å². The minimum absolute atomic E-state index is 0.569. The van der Waals surface area contributed by atoms with Gasteiger partial charge in [-0.15, -0.1) is 0 Å². The van der Waals surface area contributed by atoms with Crippen LogP contribution in [-0.4, -0.2) is 18.1 Å². The number of nitrogens with zero attached hydrogens (tertiary/aromatic N) is 1. The van der Waals surface area contributed by atoms with Crippen molar-refractivity contribution in [3.8, 4) is 0 Å². The molecule has 1 heterocycles. The van der Waals surface area contributed by atoms with Crippen LogP contribution in [0.15, 0.2) is 29.0 Å². The Balaban J connectivity index is 2.12. The summed E-state index contributed by atoms with van der Waals surface area (Å²) in [6, 6.07) is 0. The summed E-state index contributed by atoms with van der Waals surface area (Å²) in [5.74, 6) is 1.53. The summed E-state index contributed by atoms with van der Waals surface area (Å²) in [4.78, 5) is 2.31. The molecule has 0 aromatic rings. The van der Waals surface area contributed by atoms with E-state index in [1.165, 1.54) is 5.70 Å². The molecule has 1 aliphatic carbocycles. The maximum absolute atomic E-state index is 5.36. The Kier molecular flexibility index (Phi) is 1.93. The minimum Gasteiger partial charge on any atom is -0.482 e. The van der Waals surface area contributed by atoms with Gasteiger partial charge >= 0.3 is 0 Å². The third-order valence-corrected chi connectivity index (χ3v) is 2.41. The van der Waals surface area contributed by atoms with Crippen LogP contribution in [0.4, 0.5) is 0 Å². The van der Waals surface area contributed by atoms with E-state index in [-0.39, 0.29) is 0 Å². The van der Waals surface area contributed by atoms with E-state index in [2.05, 4.69) is 37.5 Å². The molecule has 0 N–H and O–H groups in total. The van der Waals surface area contributed by atoms with E-state index in [1.54, 1.807) is 0 Å². The summed E-state index contributed by atoms with van der Waals surface area (Å²) >= 11 is 0. The monoisotopic (exact) mass is 177 g/mol. The van der Waals surface area contributed by atoms with Gasteiger partial charge in [0.25, 0.3) is 0 Å². The summed E-state index contributed by atoms with van der Waals surface area (Å²) < 4.78 is 5.36. The van der Waals surface area contributed by atoms with Gasteiger partial charge in [0.2, 0.25) is 0 Å². The van der Waals surface area contributed by atoms with Crippen LogP contribution >= 0.6 is 0 Å². The van der Waals surface area contributed by atoms with Crippen molar-refractivity contribution >= 4 is 0 Å². The second kappa shape index (κ2) is 2.97. The lowest BCUT2D eigenvalue weighted by Crippen LogP contribution is -2.30. The molecule has 0 unspecified atom stereocenters. The number of rotatable bonds is 2. The zero-order valence-electron chi connectivity index (χ0n) is 8.42. The maximum atomic E-state index is 5.36. The third kappa shape index (κ3) is 1.38. The van der Waals surface area contributed by atoms with Crippen molar-refractivity contribution in [3.63, 3.8) is 0 Å². The molecule has 0 aromatic carbocycles. The van der Waals surface area contributed by atoms with Crippen LogP contribution in [0.5, 0.6) is 0 Å². The van der Waals surface area contributed by atoms with Crippen molar-refractivity contribution in [2.24, 2.45) is 5.92 Å². The molecule has 2 rings (SSSR count). The zero-order chi connectivity index (χ0) is 9.42. The van der Waals surface area contributed by atoms with Crippen LogP contribution < -0.4 is 0 Å². The lowest BCUT2D eigenvalue weighted by molar-refractivity contribution is 0.157. The SMILES string of the molecule is C/C=C(/C(C)C)N1CCOC2=C=C21. The molecule has 0 spiro atoms. The molecule has 1 aliphatic heterocycles. The van der Waals surface area contributed by atoms with E-state index < -0.39 is 0 Å². The number of allylic oxidation sites excluding steroid dienone is 2. The topological polar surface area (TPSA) is 12.5 Å². The first-order valence-electron chi connectivity index (χ1n) is 4.82. The van der Waals surface area contributed by atoms with Gasteiger partial charge in [-0.3, -0.25) is 0 Å². The molecule has 0 atom stereocenters. The van der Waals surface area contributed by atoms with E-state index in [1.807, 2.05) is 0 Å². The molecule has 0 bridgehead atoms. The molecule has 1 fully saturated rings. The average Bonchev–Trinajstić information content (AvgIpc) is 2.84. The van der Waals surface area contributed by atoms with Gasteiger partial charge in [0.05, 0.1) is 6.54 Å². The van der Waals surface area contributed by atoms with Crippen molar-refractivity contribution in [2.45, 2.75) is 20.8 Å². The van der Waals surface area contributed by atoms with Gasteiger partial charge in [-0.2, -0.15) is 0 Å². The predicted octanol–water partition coefficient (Wildman–Crippen LogP) is 2.26. The standard InChI is InChI=1S/C11H15NO/c1-4-9(8(2)3)12-5-6-13-11-7-10(11)12/h4,8H,5-6H2,1-3H3/b9-4-. The molecule has 2 aliphatic rings. The van der Waals surface area contributed by atoms with Crippen LogP contribution in [0.2, 0.25) is 0 Å². The predicted molar refractivity (Wildman–Crippen MR) is 51.8 cm³/mol. The first-order valence-corrected chi connectivity index (χ1v) is 4.82. The van der Waals surface area contributed by atoms with Gasteiger partial charge in [0, 0.05) is 5.70 Å². The highest BCUT2D eigenvalue weighted by molar-refractivity contribution is 5.42. The number of morpholine rings is 1. The molecule has 2 heteroatoms. The van der Waals surface area contributed by atoms with E-state index in [0.717, 1.165) is 24.6 Å². The number of ether oxygens (including phenoxy) is 1. The van der Waals surface area contributed by atoms with Crippen molar-refractivity contribution < 1.29 is 4.74 Å². The molecule has 0 aromatic heterocycles. The van der Waals surface area contributed by atoms with Crippen LogP contribution in [0.3, 0.4) is 0 Å². The molecule has 13 heavy (non-hydrogen) atoms. The fourth-order valence-corrected chi connectivity index (χ4v) is 1.78. The van der Waals surface area contributed by atoms with Gasteiger partial charge in [0.15, 0.2) is 5.76 Å². The van der Waals surface area contributed by atoms with Gasteiger partial charge in [0.1, 0.15) is 12.3 Å². The molecular formula is C11H15NO. The molecule has 0 amide bonds. The number of hydrogen-bond acceptors (Lipinski definition) is 2. The maximum Gasteiger partial charge on any atom is 0.196 e. The summed E-state index contributed by atoms with van der Waals surface area (Å²) in [7, 11) is 0. The lowest BCUT2D eigenvalue weighted by Gasteiger charge is -2.30. The summed E-state index contributed by atoms with van der Waals surface area (Å²) in [5.41, 5.74) is 5.68. The molecular weight excluding hydrogens is 162 g/mol. The number of fused-ring (bicyclic) bond motifs is 1. The first kappa shape index (κ1) is 8.46. The molecule has 1 saturated heterocycles. The lowest BCUT2D eigenvalue weighted by atomic mass is 10.1. The molecule has 70 valence electrons. The Bertz CT molecular complexity index is 319. The van der Waals surface area contributed by atoms with E-state index in [9.17, 15) is 0 Å². The van der Waals surface area contributed by atoms with Crippen LogP contribution in [-0.2, 0) is 4.74 Å². The van der Waals surface area contributed by atoms with Crippen LogP contribution in [0.25, 0.3) is 0 Å². The summed E-state index contributed by atoms with van der Waals surface area (Å²) in [6.07, 6.45) is 2.18. The zero-order valence-corrected chi connectivity index (χ0v) is 8.42. The van der Waals surface area contributed by atoms with Crippen LogP contribution in [0.1, 0.15) is 20.8 Å². The second-order valence-corrected chi connectivity index (χ2v) is 3.67. The Morgan fingerprint density at radius 3 is 3.00 bits per heavy atom. The normalized spacial score (nSPS) is 20.6. The molecule has 0 saturated carbocycles. The highest BCUT2D eigenvalue weighted by atomic mass is 16.5. The van der Waals surface area contributed by atoms with E-state index in [0.29, 0.717) is 5.92 Å². The fourth-order valence-electron chi connectivity index (χ4n) is 1.78. The van der Waals surface area contributed by atoms with Crippen LogP contribution in [0, 0.1) is 5.92 Å². The Morgan fingerprint density at radius 1 is 1.62 bits per heavy atom. The molecule has 2 nitrogen and oxygen atoms in total. The first-order chi connectivity index (χ1) is 6.24. The Labute approximate surface area is 79.2 Å². The summed E-state index contributed by atoms with van der Waals surface area (Å²) in [5, 5.41) is 0. The fraction of sp³-hybridized carbons (Fsp3) is 0.545. The van der Waals surface area contributed by atoms with Crippen molar-refractivity contribution in [3.05, 3.63) is 29.0 Å². The van der Waals surface area contributed by atoms with Crippen molar-refractivity contribution in [1.82, 2.24) is 4.90 Å². The van der Waals surface area contributed by atoms with Gasteiger partial charge < -0.3 is 9.64 Å². The Hall–Kier alpha value is -1.14. The van der Waals surface area contributed by atoms with E-state index in [4.69, 9.17) is 4.74 Å². The highest BCUT2D eigenvalue weighted by Crippen LogP contribution is 2.34. The minimum atomic E-state index is 0.569. The van der Waals surface area contributed by atoms with E-state index >= 15 is 0 Å². The molecule has 0 radical (unpaired) electrons. The van der Waals surface area contributed by atoms with Gasteiger partial charge in [-0.25, -0.2) is 0 Å². The summed E-state index contributed by atoms with van der Waals surface area (Å²) in [6.45, 7) is 8.27. The second-order valence-electron chi connectivity index (χ2n) is 3.67. The average molecular weight is 177 g/mol. The smallest absolute Gasteiger partial charge is 0.196 e. The van der Waals surface area contributed by atoms with Crippen molar-refractivity contribution in [1.29, 1.82) is 0 Å².